The summed E-state index contributed by atoms with van der Waals surface area (Å²) in [6.07, 6.45) is 2.91. The number of nitrogens with one attached hydrogen (secondary N) is 1. The summed E-state index contributed by atoms with van der Waals surface area (Å²) < 4.78 is 6.21. The summed E-state index contributed by atoms with van der Waals surface area (Å²) in [5.41, 5.74) is 0.939. The third kappa shape index (κ3) is 3.18. The second kappa shape index (κ2) is 5.34. The van der Waals surface area contributed by atoms with Crippen LogP contribution in [0.5, 0.6) is 0 Å². The summed E-state index contributed by atoms with van der Waals surface area (Å²) in [4.78, 5) is 22.2. The van der Waals surface area contributed by atoms with Crippen LogP contribution in [-0.4, -0.2) is 32.0 Å². The first kappa shape index (κ1) is 12.8. The molecule has 0 fully saturated rings. The third-order valence-corrected chi connectivity index (χ3v) is 2.42. The van der Waals surface area contributed by atoms with Crippen molar-refractivity contribution < 1.29 is 19.1 Å². The lowest BCUT2D eigenvalue weighted by Crippen LogP contribution is -2.23. The topological polar surface area (TPSA) is 110 Å². The second-order valence-corrected chi connectivity index (χ2v) is 3.87. The van der Waals surface area contributed by atoms with Crippen molar-refractivity contribution >= 4 is 11.9 Å². The van der Waals surface area contributed by atoms with Gasteiger partial charge in [-0.1, -0.05) is 5.21 Å². The van der Waals surface area contributed by atoms with Crippen molar-refractivity contribution in [1.29, 1.82) is 0 Å². The van der Waals surface area contributed by atoms with Crippen LogP contribution in [0.4, 0.5) is 0 Å². The Balaban J connectivity index is 1.92. The summed E-state index contributed by atoms with van der Waals surface area (Å²) in [7, 11) is 0. The summed E-state index contributed by atoms with van der Waals surface area (Å²) in [5.74, 6) is -0.749. The maximum absolute atomic E-state index is 11.8. The van der Waals surface area contributed by atoms with Gasteiger partial charge in [-0.2, -0.15) is 0 Å². The van der Waals surface area contributed by atoms with E-state index in [1.54, 1.807) is 13.0 Å². The lowest BCUT2D eigenvalue weighted by atomic mass is 10.2. The number of aromatic nitrogens is 3. The lowest BCUT2D eigenvalue weighted by Gasteiger charge is -2.00. The van der Waals surface area contributed by atoms with Gasteiger partial charge in [-0.25, -0.2) is 4.68 Å². The SMILES string of the molecule is Cc1occc1C(=O)NCc1cn(CC(=O)O)nn1. The Morgan fingerprint density at radius 3 is 2.95 bits per heavy atom. The third-order valence-electron chi connectivity index (χ3n) is 2.42. The van der Waals surface area contributed by atoms with E-state index < -0.39 is 5.97 Å². The minimum absolute atomic E-state index is 0.170. The van der Waals surface area contributed by atoms with Crippen LogP contribution in [0.1, 0.15) is 21.8 Å². The quantitative estimate of drug-likeness (QED) is 0.797. The van der Waals surface area contributed by atoms with Crippen molar-refractivity contribution in [3.05, 3.63) is 35.5 Å². The predicted octanol–water partition coefficient (Wildman–Crippen LogP) is 0.194. The van der Waals surface area contributed by atoms with Crippen LogP contribution in [0.25, 0.3) is 0 Å². The monoisotopic (exact) mass is 264 g/mol. The molecule has 19 heavy (non-hydrogen) atoms. The van der Waals surface area contributed by atoms with Crippen LogP contribution >= 0.6 is 0 Å². The Morgan fingerprint density at radius 2 is 2.32 bits per heavy atom. The van der Waals surface area contributed by atoms with Crippen molar-refractivity contribution in [2.45, 2.75) is 20.0 Å². The van der Waals surface area contributed by atoms with Crippen LogP contribution in [0.3, 0.4) is 0 Å². The molecule has 0 aliphatic carbocycles. The number of rotatable bonds is 5. The molecule has 8 heteroatoms. The van der Waals surface area contributed by atoms with E-state index in [-0.39, 0.29) is 19.0 Å². The maximum Gasteiger partial charge on any atom is 0.325 e. The first-order valence-electron chi connectivity index (χ1n) is 5.49. The number of hydrogen-bond acceptors (Lipinski definition) is 5. The number of amides is 1. The van der Waals surface area contributed by atoms with Gasteiger partial charge in [0.2, 0.25) is 0 Å². The molecule has 0 bridgehead atoms. The molecule has 0 saturated carbocycles. The molecule has 0 radical (unpaired) electrons. The molecule has 2 rings (SSSR count). The van der Waals surface area contributed by atoms with Crippen molar-refractivity contribution in [1.82, 2.24) is 20.3 Å². The molecular weight excluding hydrogens is 252 g/mol. The van der Waals surface area contributed by atoms with E-state index in [1.165, 1.54) is 17.1 Å². The van der Waals surface area contributed by atoms with Crippen molar-refractivity contribution in [2.24, 2.45) is 0 Å². The largest absolute Gasteiger partial charge is 0.480 e. The van der Waals surface area contributed by atoms with Crippen LogP contribution in [0, 0.1) is 6.92 Å². The van der Waals surface area contributed by atoms with E-state index in [1.807, 2.05) is 0 Å². The molecule has 0 spiro atoms. The van der Waals surface area contributed by atoms with E-state index in [9.17, 15) is 9.59 Å². The van der Waals surface area contributed by atoms with Crippen LogP contribution in [0.2, 0.25) is 0 Å². The Morgan fingerprint density at radius 1 is 1.53 bits per heavy atom. The zero-order valence-corrected chi connectivity index (χ0v) is 10.2. The average molecular weight is 264 g/mol. The Hall–Kier alpha value is -2.64. The van der Waals surface area contributed by atoms with E-state index in [0.717, 1.165) is 0 Å². The first-order chi connectivity index (χ1) is 9.06. The van der Waals surface area contributed by atoms with Gasteiger partial charge < -0.3 is 14.8 Å². The van der Waals surface area contributed by atoms with Gasteiger partial charge in [0.25, 0.3) is 5.91 Å². The number of carboxylic acid groups (broad SMARTS) is 1. The molecule has 100 valence electrons. The molecular formula is C11H12N4O4. The van der Waals surface area contributed by atoms with E-state index in [0.29, 0.717) is 17.0 Å². The van der Waals surface area contributed by atoms with Crippen molar-refractivity contribution in [3.8, 4) is 0 Å². The Labute approximate surface area is 108 Å². The van der Waals surface area contributed by atoms with Gasteiger partial charge in [0.1, 0.15) is 18.0 Å². The number of aryl methyl sites for hydroxylation is 1. The number of hydrogen-bond donors (Lipinski definition) is 2. The molecule has 0 atom stereocenters. The van der Waals surface area contributed by atoms with Gasteiger partial charge in [-0.15, -0.1) is 5.10 Å². The smallest absolute Gasteiger partial charge is 0.325 e. The van der Waals surface area contributed by atoms with Gasteiger partial charge >= 0.3 is 5.97 Å². The van der Waals surface area contributed by atoms with Gasteiger partial charge in [-0.3, -0.25) is 9.59 Å². The second-order valence-electron chi connectivity index (χ2n) is 3.87. The molecule has 0 saturated heterocycles. The number of carbonyl (C=O) groups is 2. The molecule has 8 nitrogen and oxygen atoms in total. The standard InChI is InChI=1S/C11H12N4O4/c1-7-9(2-3-19-7)11(18)12-4-8-5-15(14-13-8)6-10(16)17/h2-3,5H,4,6H2,1H3,(H,12,18)(H,16,17). The van der Waals surface area contributed by atoms with E-state index in [4.69, 9.17) is 9.52 Å². The number of aliphatic carboxylic acids is 1. The molecule has 2 aromatic rings. The fourth-order valence-electron chi connectivity index (χ4n) is 1.52. The molecule has 0 aromatic carbocycles. The minimum atomic E-state index is -1.01. The fraction of sp³-hybridized carbons (Fsp3) is 0.273. The van der Waals surface area contributed by atoms with Gasteiger partial charge in [0, 0.05) is 0 Å². The van der Waals surface area contributed by atoms with E-state index >= 15 is 0 Å². The average Bonchev–Trinajstić information content (AvgIpc) is 2.94. The van der Waals surface area contributed by atoms with Crippen LogP contribution < -0.4 is 5.32 Å². The van der Waals surface area contributed by atoms with Crippen LogP contribution in [0.15, 0.2) is 22.9 Å². The van der Waals surface area contributed by atoms with Gasteiger partial charge in [0.15, 0.2) is 0 Å². The lowest BCUT2D eigenvalue weighted by molar-refractivity contribution is -0.137. The molecule has 1 amide bonds. The van der Waals surface area contributed by atoms with Gasteiger partial charge in [-0.05, 0) is 13.0 Å². The van der Waals surface area contributed by atoms with Crippen LogP contribution in [-0.2, 0) is 17.9 Å². The van der Waals surface area contributed by atoms with Crippen molar-refractivity contribution in [2.75, 3.05) is 0 Å². The first-order valence-corrected chi connectivity index (χ1v) is 5.49. The number of furan rings is 1. The minimum Gasteiger partial charge on any atom is -0.480 e. The summed E-state index contributed by atoms with van der Waals surface area (Å²) in [6, 6.07) is 1.58. The highest BCUT2D eigenvalue weighted by Gasteiger charge is 2.12. The summed E-state index contributed by atoms with van der Waals surface area (Å²) in [5, 5.41) is 18.6. The van der Waals surface area contributed by atoms with E-state index in [2.05, 4.69) is 15.6 Å². The fourth-order valence-corrected chi connectivity index (χ4v) is 1.52. The zero-order valence-electron chi connectivity index (χ0n) is 10.2. The summed E-state index contributed by atoms with van der Waals surface area (Å²) >= 11 is 0. The molecule has 0 unspecified atom stereocenters. The number of carboxylic acids is 1. The van der Waals surface area contributed by atoms with Crippen molar-refractivity contribution in [3.63, 3.8) is 0 Å². The summed E-state index contributed by atoms with van der Waals surface area (Å²) in [6.45, 7) is 1.60. The molecule has 0 aliphatic rings. The highest BCUT2D eigenvalue weighted by atomic mass is 16.4. The van der Waals surface area contributed by atoms with Gasteiger partial charge in [0.05, 0.1) is 24.6 Å². The molecule has 2 N–H and O–H groups in total. The highest BCUT2D eigenvalue weighted by Crippen LogP contribution is 2.08. The molecule has 0 aliphatic heterocycles. The zero-order chi connectivity index (χ0) is 13.8. The predicted molar refractivity (Wildman–Crippen MR) is 62.3 cm³/mol. The Kier molecular flexibility index (Phi) is 3.60. The highest BCUT2D eigenvalue weighted by molar-refractivity contribution is 5.94. The molecule has 2 aromatic heterocycles. The Bertz CT molecular complexity index is 601. The maximum atomic E-state index is 11.8. The number of nitrogens with zero attached hydrogens (tertiary/aromatic N) is 3. The molecule has 2 heterocycles. The number of carbonyl (C=O) groups excluding carboxylic acids is 1. The normalized spacial score (nSPS) is 10.4.